The van der Waals surface area contributed by atoms with Crippen LogP contribution in [0.4, 0.5) is 0 Å². The monoisotopic (exact) mass is 290 g/mol. The molecule has 0 amide bonds. The molecule has 0 saturated heterocycles. The Morgan fingerprint density at radius 2 is 1.62 bits per heavy atom. The average molecular weight is 290 g/mol. The van der Waals surface area contributed by atoms with E-state index in [1.54, 1.807) is 0 Å². The van der Waals surface area contributed by atoms with Gasteiger partial charge in [0.15, 0.2) is 0 Å². The van der Waals surface area contributed by atoms with Crippen molar-refractivity contribution >= 4 is 0 Å². The maximum atomic E-state index is 3.48. The lowest BCUT2D eigenvalue weighted by Crippen LogP contribution is -2.33. The summed E-state index contributed by atoms with van der Waals surface area (Å²) in [6, 6.07) is 7.96. The van der Waals surface area contributed by atoms with Gasteiger partial charge < -0.3 is 10.2 Å². The second kappa shape index (κ2) is 8.55. The molecule has 120 valence electrons. The van der Waals surface area contributed by atoms with Crippen LogP contribution in [0.1, 0.15) is 56.3 Å². The summed E-state index contributed by atoms with van der Waals surface area (Å²) in [4.78, 5) is 2.49. The van der Waals surface area contributed by atoms with Gasteiger partial charge in [-0.05, 0) is 65.7 Å². The number of nitrogens with zero attached hydrogens (tertiary/aromatic N) is 1. The Labute approximate surface area is 131 Å². The Balaban J connectivity index is 2.62. The standard InChI is InChI=1S/C19H34N2/c1-14(2)10-17(5)21(7)9-8-19(20-6)18-12-15(3)11-16(4)13-18/h11-14,17,19-20H,8-10H2,1-7H3. The van der Waals surface area contributed by atoms with Crippen LogP contribution in [0, 0.1) is 19.8 Å². The highest BCUT2D eigenvalue weighted by atomic mass is 15.1. The van der Waals surface area contributed by atoms with Crippen LogP contribution in [0.25, 0.3) is 0 Å². The van der Waals surface area contributed by atoms with E-state index in [2.05, 4.69) is 77.1 Å². The van der Waals surface area contributed by atoms with Gasteiger partial charge in [-0.3, -0.25) is 0 Å². The molecular weight excluding hydrogens is 256 g/mol. The minimum Gasteiger partial charge on any atom is -0.313 e. The number of hydrogen-bond acceptors (Lipinski definition) is 2. The first kappa shape index (κ1) is 18.2. The van der Waals surface area contributed by atoms with Crippen molar-refractivity contribution in [3.63, 3.8) is 0 Å². The van der Waals surface area contributed by atoms with Crippen molar-refractivity contribution in [1.29, 1.82) is 0 Å². The largest absolute Gasteiger partial charge is 0.313 e. The van der Waals surface area contributed by atoms with Crippen molar-refractivity contribution in [1.82, 2.24) is 10.2 Å². The molecule has 0 aliphatic carbocycles. The molecule has 0 fully saturated rings. The topological polar surface area (TPSA) is 15.3 Å². The summed E-state index contributed by atoms with van der Waals surface area (Å²) in [5, 5.41) is 3.48. The SMILES string of the molecule is CNC(CCN(C)C(C)CC(C)C)c1cc(C)cc(C)c1. The zero-order valence-corrected chi connectivity index (χ0v) is 15.0. The molecule has 0 aliphatic rings. The van der Waals surface area contributed by atoms with E-state index in [1.807, 2.05) is 0 Å². The third kappa shape index (κ3) is 6.19. The number of hydrogen-bond donors (Lipinski definition) is 1. The van der Waals surface area contributed by atoms with Crippen molar-refractivity contribution in [3.05, 3.63) is 34.9 Å². The average Bonchev–Trinajstić information content (AvgIpc) is 2.37. The highest BCUT2D eigenvalue weighted by molar-refractivity contribution is 5.30. The summed E-state index contributed by atoms with van der Waals surface area (Å²) < 4.78 is 0. The summed E-state index contributed by atoms with van der Waals surface area (Å²) in [5.41, 5.74) is 4.12. The molecule has 2 nitrogen and oxygen atoms in total. The molecule has 2 unspecified atom stereocenters. The van der Waals surface area contributed by atoms with E-state index in [0.717, 1.165) is 18.9 Å². The normalized spacial score (nSPS) is 14.7. The van der Waals surface area contributed by atoms with Crippen LogP contribution in [0.5, 0.6) is 0 Å². The molecule has 1 aromatic carbocycles. The van der Waals surface area contributed by atoms with Crippen LogP contribution in [0.15, 0.2) is 18.2 Å². The first-order valence-electron chi connectivity index (χ1n) is 8.29. The lowest BCUT2D eigenvalue weighted by Gasteiger charge is -2.28. The Bertz CT molecular complexity index is 405. The summed E-state index contributed by atoms with van der Waals surface area (Å²) in [7, 11) is 4.32. The summed E-state index contributed by atoms with van der Waals surface area (Å²) in [6.07, 6.45) is 2.42. The van der Waals surface area contributed by atoms with E-state index in [1.165, 1.54) is 23.1 Å². The quantitative estimate of drug-likeness (QED) is 0.767. The maximum absolute atomic E-state index is 3.48. The molecule has 0 bridgehead atoms. The van der Waals surface area contributed by atoms with Crippen LogP contribution in [-0.4, -0.2) is 31.6 Å². The zero-order chi connectivity index (χ0) is 16.0. The van der Waals surface area contributed by atoms with Crippen molar-refractivity contribution in [3.8, 4) is 0 Å². The van der Waals surface area contributed by atoms with Crippen molar-refractivity contribution in [2.45, 2.75) is 59.5 Å². The maximum Gasteiger partial charge on any atom is 0.0329 e. The molecule has 21 heavy (non-hydrogen) atoms. The lowest BCUT2D eigenvalue weighted by molar-refractivity contribution is 0.218. The Morgan fingerprint density at radius 1 is 1.05 bits per heavy atom. The Kier molecular flexibility index (Phi) is 7.41. The summed E-state index contributed by atoms with van der Waals surface area (Å²) in [5.74, 6) is 0.766. The van der Waals surface area contributed by atoms with E-state index >= 15 is 0 Å². The number of nitrogens with one attached hydrogen (secondary N) is 1. The van der Waals surface area contributed by atoms with Gasteiger partial charge in [0.2, 0.25) is 0 Å². The van der Waals surface area contributed by atoms with Crippen molar-refractivity contribution in [2.75, 3.05) is 20.6 Å². The van der Waals surface area contributed by atoms with E-state index < -0.39 is 0 Å². The summed E-state index contributed by atoms with van der Waals surface area (Å²) in [6.45, 7) is 12.4. The highest BCUT2D eigenvalue weighted by Crippen LogP contribution is 2.21. The highest BCUT2D eigenvalue weighted by Gasteiger charge is 2.15. The zero-order valence-electron chi connectivity index (χ0n) is 15.0. The van der Waals surface area contributed by atoms with Gasteiger partial charge in [-0.2, -0.15) is 0 Å². The van der Waals surface area contributed by atoms with Gasteiger partial charge in [0.1, 0.15) is 0 Å². The molecule has 0 spiro atoms. The molecule has 0 aliphatic heterocycles. The van der Waals surface area contributed by atoms with E-state index in [-0.39, 0.29) is 0 Å². The molecular formula is C19H34N2. The molecule has 2 heteroatoms. The van der Waals surface area contributed by atoms with Gasteiger partial charge in [0.05, 0.1) is 0 Å². The molecule has 2 atom stereocenters. The Hall–Kier alpha value is -0.860. The fourth-order valence-corrected chi connectivity index (χ4v) is 3.10. The number of rotatable bonds is 8. The molecule has 1 N–H and O–H groups in total. The predicted molar refractivity (Wildman–Crippen MR) is 93.9 cm³/mol. The third-order valence-corrected chi connectivity index (χ3v) is 4.33. The lowest BCUT2D eigenvalue weighted by atomic mass is 9.98. The first-order chi connectivity index (χ1) is 9.83. The van der Waals surface area contributed by atoms with Gasteiger partial charge in [-0.15, -0.1) is 0 Å². The molecule has 1 aromatic rings. The fraction of sp³-hybridized carbons (Fsp3) is 0.684. The Morgan fingerprint density at radius 3 is 2.10 bits per heavy atom. The van der Waals surface area contributed by atoms with Gasteiger partial charge in [0, 0.05) is 12.1 Å². The minimum atomic E-state index is 0.442. The predicted octanol–water partition coefficient (Wildman–Crippen LogP) is 4.32. The third-order valence-electron chi connectivity index (χ3n) is 4.33. The van der Waals surface area contributed by atoms with E-state index in [0.29, 0.717) is 12.1 Å². The molecule has 0 heterocycles. The smallest absolute Gasteiger partial charge is 0.0329 e. The van der Waals surface area contributed by atoms with Crippen LogP contribution in [0.2, 0.25) is 0 Å². The second-order valence-corrected chi connectivity index (χ2v) is 7.01. The van der Waals surface area contributed by atoms with Crippen molar-refractivity contribution in [2.24, 2.45) is 5.92 Å². The molecule has 1 rings (SSSR count). The summed E-state index contributed by atoms with van der Waals surface area (Å²) >= 11 is 0. The van der Waals surface area contributed by atoms with Gasteiger partial charge in [-0.1, -0.05) is 43.2 Å². The minimum absolute atomic E-state index is 0.442. The van der Waals surface area contributed by atoms with Crippen LogP contribution in [-0.2, 0) is 0 Å². The van der Waals surface area contributed by atoms with Gasteiger partial charge in [-0.25, -0.2) is 0 Å². The van der Waals surface area contributed by atoms with E-state index in [4.69, 9.17) is 0 Å². The van der Waals surface area contributed by atoms with Crippen LogP contribution >= 0.6 is 0 Å². The first-order valence-corrected chi connectivity index (χ1v) is 8.29. The van der Waals surface area contributed by atoms with Gasteiger partial charge in [0.25, 0.3) is 0 Å². The van der Waals surface area contributed by atoms with Crippen LogP contribution < -0.4 is 5.32 Å². The molecule has 0 saturated carbocycles. The number of aryl methyl sites for hydroxylation is 2. The number of benzene rings is 1. The van der Waals surface area contributed by atoms with Crippen molar-refractivity contribution < 1.29 is 0 Å². The fourth-order valence-electron chi connectivity index (χ4n) is 3.10. The van der Waals surface area contributed by atoms with E-state index in [9.17, 15) is 0 Å². The second-order valence-electron chi connectivity index (χ2n) is 7.01. The van der Waals surface area contributed by atoms with Gasteiger partial charge >= 0.3 is 0 Å². The molecule has 0 aromatic heterocycles. The van der Waals surface area contributed by atoms with Crippen LogP contribution in [0.3, 0.4) is 0 Å². The molecule has 0 radical (unpaired) electrons.